The maximum Gasteiger partial charge on any atom is 0.258 e. The number of nitrogens with one attached hydrogen (secondary N) is 1. The Bertz CT molecular complexity index is 810. The number of amides is 2. The molecule has 0 bridgehead atoms. The standard InChI is InChI=1S/C15H11N3O3S/c16-13(19)11-12(10-6-7-22-8-10)18-21-15(11)17-14(20)9-4-2-1-3-5-9/h1-8H,(H2,16,19)(H,17,20). The number of primary amides is 1. The highest BCUT2D eigenvalue weighted by Gasteiger charge is 2.24. The number of anilines is 1. The summed E-state index contributed by atoms with van der Waals surface area (Å²) in [6.07, 6.45) is 0. The van der Waals surface area contributed by atoms with E-state index in [2.05, 4.69) is 10.5 Å². The second-order valence-corrected chi connectivity index (χ2v) is 5.21. The van der Waals surface area contributed by atoms with Crippen molar-refractivity contribution in [1.29, 1.82) is 0 Å². The van der Waals surface area contributed by atoms with Crippen molar-refractivity contribution in [2.24, 2.45) is 5.73 Å². The van der Waals surface area contributed by atoms with Crippen molar-refractivity contribution >= 4 is 29.0 Å². The van der Waals surface area contributed by atoms with Gasteiger partial charge in [-0.2, -0.15) is 11.3 Å². The van der Waals surface area contributed by atoms with E-state index in [1.54, 1.807) is 36.4 Å². The molecule has 0 aliphatic heterocycles. The van der Waals surface area contributed by atoms with Crippen LogP contribution in [-0.4, -0.2) is 17.0 Å². The van der Waals surface area contributed by atoms with Crippen LogP contribution in [0.1, 0.15) is 20.7 Å². The summed E-state index contributed by atoms with van der Waals surface area (Å²) >= 11 is 1.45. The van der Waals surface area contributed by atoms with E-state index < -0.39 is 11.8 Å². The Hall–Kier alpha value is -2.93. The predicted octanol–water partition coefficient (Wildman–Crippen LogP) is 2.75. The molecule has 3 N–H and O–H groups in total. The molecule has 22 heavy (non-hydrogen) atoms. The smallest absolute Gasteiger partial charge is 0.258 e. The molecular formula is C15H11N3O3S. The summed E-state index contributed by atoms with van der Waals surface area (Å²) < 4.78 is 5.09. The summed E-state index contributed by atoms with van der Waals surface area (Å²) in [5.41, 5.74) is 6.92. The van der Waals surface area contributed by atoms with Gasteiger partial charge in [0.25, 0.3) is 11.8 Å². The number of hydrogen-bond donors (Lipinski definition) is 2. The van der Waals surface area contributed by atoms with Crippen molar-refractivity contribution in [2.75, 3.05) is 5.32 Å². The number of benzene rings is 1. The molecule has 0 fully saturated rings. The van der Waals surface area contributed by atoms with Gasteiger partial charge in [0.05, 0.1) is 0 Å². The Balaban J connectivity index is 1.95. The minimum Gasteiger partial charge on any atom is -0.365 e. The summed E-state index contributed by atoms with van der Waals surface area (Å²) in [6.45, 7) is 0. The highest BCUT2D eigenvalue weighted by atomic mass is 32.1. The van der Waals surface area contributed by atoms with Gasteiger partial charge in [-0.15, -0.1) is 0 Å². The molecular weight excluding hydrogens is 302 g/mol. The Morgan fingerprint density at radius 3 is 2.59 bits per heavy atom. The van der Waals surface area contributed by atoms with Crippen LogP contribution in [0.4, 0.5) is 5.88 Å². The SMILES string of the molecule is NC(=O)c1c(-c2ccsc2)noc1NC(=O)c1ccccc1. The van der Waals surface area contributed by atoms with Gasteiger partial charge in [-0.25, -0.2) is 0 Å². The van der Waals surface area contributed by atoms with Crippen LogP contribution in [0.5, 0.6) is 0 Å². The van der Waals surface area contributed by atoms with Crippen LogP contribution in [0.15, 0.2) is 51.7 Å². The van der Waals surface area contributed by atoms with Crippen molar-refractivity contribution in [3.05, 3.63) is 58.3 Å². The summed E-state index contributed by atoms with van der Waals surface area (Å²) in [5.74, 6) is -1.18. The summed E-state index contributed by atoms with van der Waals surface area (Å²) in [4.78, 5) is 23.8. The number of carbonyl (C=O) groups excluding carboxylic acids is 2. The number of carbonyl (C=O) groups is 2. The Morgan fingerprint density at radius 2 is 1.95 bits per heavy atom. The first-order valence-corrected chi connectivity index (χ1v) is 7.29. The maximum absolute atomic E-state index is 12.1. The van der Waals surface area contributed by atoms with Crippen molar-refractivity contribution in [1.82, 2.24) is 5.16 Å². The highest BCUT2D eigenvalue weighted by Crippen LogP contribution is 2.30. The third-order valence-electron chi connectivity index (χ3n) is 3.00. The van der Waals surface area contributed by atoms with Gasteiger partial charge in [-0.05, 0) is 23.6 Å². The normalized spacial score (nSPS) is 10.4. The molecule has 3 rings (SSSR count). The van der Waals surface area contributed by atoms with Gasteiger partial charge < -0.3 is 10.3 Å². The van der Waals surface area contributed by atoms with Gasteiger partial charge in [0.2, 0.25) is 5.88 Å². The van der Waals surface area contributed by atoms with Crippen LogP contribution in [-0.2, 0) is 0 Å². The maximum atomic E-state index is 12.1. The lowest BCUT2D eigenvalue weighted by atomic mass is 10.1. The molecule has 0 unspecified atom stereocenters. The summed E-state index contributed by atoms with van der Waals surface area (Å²) in [7, 11) is 0. The van der Waals surface area contributed by atoms with E-state index in [0.29, 0.717) is 16.8 Å². The largest absolute Gasteiger partial charge is 0.365 e. The zero-order valence-corrected chi connectivity index (χ0v) is 12.1. The second kappa shape index (κ2) is 5.82. The molecule has 0 saturated carbocycles. The fraction of sp³-hybridized carbons (Fsp3) is 0. The Labute approximate surface area is 129 Å². The van der Waals surface area contributed by atoms with E-state index in [0.717, 1.165) is 0 Å². The van der Waals surface area contributed by atoms with Gasteiger partial charge in [-0.3, -0.25) is 14.9 Å². The third kappa shape index (κ3) is 2.61. The number of rotatable bonds is 4. The molecule has 0 aliphatic carbocycles. The predicted molar refractivity (Wildman–Crippen MR) is 82.7 cm³/mol. The van der Waals surface area contributed by atoms with Crippen LogP contribution < -0.4 is 11.1 Å². The summed E-state index contributed by atoms with van der Waals surface area (Å²) in [6, 6.07) is 10.4. The van der Waals surface area contributed by atoms with Gasteiger partial charge in [-0.1, -0.05) is 23.4 Å². The Morgan fingerprint density at radius 1 is 1.18 bits per heavy atom. The van der Waals surface area contributed by atoms with E-state index in [1.165, 1.54) is 11.3 Å². The van der Waals surface area contributed by atoms with Gasteiger partial charge in [0.1, 0.15) is 11.3 Å². The van der Waals surface area contributed by atoms with Gasteiger partial charge in [0.15, 0.2) is 0 Å². The van der Waals surface area contributed by atoms with Gasteiger partial charge >= 0.3 is 0 Å². The molecule has 2 amide bonds. The zero-order chi connectivity index (χ0) is 15.5. The average molecular weight is 313 g/mol. The molecule has 7 heteroatoms. The zero-order valence-electron chi connectivity index (χ0n) is 11.3. The molecule has 0 saturated heterocycles. The quantitative estimate of drug-likeness (QED) is 0.773. The van der Waals surface area contributed by atoms with Crippen molar-refractivity contribution in [2.45, 2.75) is 0 Å². The van der Waals surface area contributed by atoms with E-state index in [1.807, 2.05) is 10.8 Å². The van der Waals surface area contributed by atoms with Crippen LogP contribution in [0.2, 0.25) is 0 Å². The van der Waals surface area contributed by atoms with Crippen LogP contribution in [0, 0.1) is 0 Å². The number of thiophene rings is 1. The first-order chi connectivity index (χ1) is 10.7. The average Bonchev–Trinajstić information content (AvgIpc) is 3.16. The number of hydrogen-bond acceptors (Lipinski definition) is 5. The Kier molecular flexibility index (Phi) is 3.71. The molecule has 2 heterocycles. The molecule has 3 aromatic rings. The molecule has 1 aromatic carbocycles. The fourth-order valence-electron chi connectivity index (χ4n) is 1.97. The molecule has 6 nitrogen and oxygen atoms in total. The third-order valence-corrected chi connectivity index (χ3v) is 3.68. The van der Waals surface area contributed by atoms with E-state index in [4.69, 9.17) is 10.3 Å². The first kappa shape index (κ1) is 14.0. The van der Waals surface area contributed by atoms with E-state index in [9.17, 15) is 9.59 Å². The van der Waals surface area contributed by atoms with Crippen LogP contribution >= 0.6 is 11.3 Å². The summed E-state index contributed by atoms with van der Waals surface area (Å²) in [5, 5.41) is 10.0. The van der Waals surface area contributed by atoms with Crippen molar-refractivity contribution in [3.8, 4) is 11.3 Å². The molecule has 0 atom stereocenters. The van der Waals surface area contributed by atoms with Crippen molar-refractivity contribution < 1.29 is 14.1 Å². The molecule has 0 radical (unpaired) electrons. The van der Waals surface area contributed by atoms with Crippen LogP contribution in [0.3, 0.4) is 0 Å². The fourth-order valence-corrected chi connectivity index (χ4v) is 2.61. The van der Waals surface area contributed by atoms with E-state index in [-0.39, 0.29) is 11.4 Å². The second-order valence-electron chi connectivity index (χ2n) is 4.43. The minimum absolute atomic E-state index is 0.0532. The van der Waals surface area contributed by atoms with Crippen molar-refractivity contribution in [3.63, 3.8) is 0 Å². The number of nitrogens with two attached hydrogens (primary N) is 1. The highest BCUT2D eigenvalue weighted by molar-refractivity contribution is 7.08. The number of nitrogens with zero attached hydrogens (tertiary/aromatic N) is 1. The molecule has 0 aliphatic rings. The molecule has 2 aromatic heterocycles. The lowest BCUT2D eigenvalue weighted by molar-refractivity contribution is 0.100. The lowest BCUT2D eigenvalue weighted by Crippen LogP contribution is -2.17. The van der Waals surface area contributed by atoms with Gasteiger partial charge in [0, 0.05) is 16.5 Å². The number of aromatic nitrogens is 1. The van der Waals surface area contributed by atoms with E-state index >= 15 is 0 Å². The van der Waals surface area contributed by atoms with Crippen LogP contribution in [0.25, 0.3) is 11.3 Å². The first-order valence-electron chi connectivity index (χ1n) is 6.35. The molecule has 110 valence electrons. The minimum atomic E-state index is -0.717. The lowest BCUT2D eigenvalue weighted by Gasteiger charge is -2.02. The topological polar surface area (TPSA) is 98.2 Å². The monoisotopic (exact) mass is 313 g/mol. The molecule has 0 spiro atoms.